The summed E-state index contributed by atoms with van der Waals surface area (Å²) in [6.07, 6.45) is 0. The van der Waals surface area contributed by atoms with Crippen LogP contribution in [0.25, 0.3) is 111 Å². The molecule has 0 bridgehead atoms. The lowest BCUT2D eigenvalue weighted by Gasteiger charge is -2.11. The number of hydrogen-bond donors (Lipinski definition) is 0. The molecule has 7 aromatic carbocycles. The molecule has 5 nitrogen and oxygen atoms in total. The average molecular weight is 655 g/mol. The van der Waals surface area contributed by atoms with E-state index in [9.17, 15) is 0 Å². The van der Waals surface area contributed by atoms with E-state index in [1.807, 2.05) is 72.8 Å². The molecular formula is C46H26N2O3. The van der Waals surface area contributed by atoms with Gasteiger partial charge in [0.1, 0.15) is 33.5 Å². The van der Waals surface area contributed by atoms with E-state index in [4.69, 9.17) is 23.2 Å². The van der Waals surface area contributed by atoms with Crippen molar-refractivity contribution in [2.75, 3.05) is 0 Å². The van der Waals surface area contributed by atoms with Gasteiger partial charge in [0.2, 0.25) is 0 Å². The van der Waals surface area contributed by atoms with Gasteiger partial charge in [-0.05, 0) is 65.7 Å². The molecule has 51 heavy (non-hydrogen) atoms. The zero-order valence-electron chi connectivity index (χ0n) is 27.1. The molecule has 238 valence electrons. The average Bonchev–Trinajstić information content (AvgIpc) is 3.88. The van der Waals surface area contributed by atoms with Crippen LogP contribution in [0.3, 0.4) is 0 Å². The highest BCUT2D eigenvalue weighted by Crippen LogP contribution is 2.43. The van der Waals surface area contributed by atoms with Gasteiger partial charge in [-0.3, -0.25) is 0 Å². The van der Waals surface area contributed by atoms with Gasteiger partial charge in [-0.15, -0.1) is 0 Å². The van der Waals surface area contributed by atoms with E-state index < -0.39 is 0 Å². The van der Waals surface area contributed by atoms with Crippen LogP contribution >= 0.6 is 0 Å². The predicted octanol–water partition coefficient (Wildman–Crippen LogP) is 12.8. The highest BCUT2D eigenvalue weighted by Gasteiger charge is 2.20. The zero-order chi connectivity index (χ0) is 33.5. The fourth-order valence-corrected chi connectivity index (χ4v) is 7.54. The molecule has 0 radical (unpaired) electrons. The first kappa shape index (κ1) is 27.9. The summed E-state index contributed by atoms with van der Waals surface area (Å²) in [4.78, 5) is 10.5. The first-order valence-corrected chi connectivity index (χ1v) is 17.0. The van der Waals surface area contributed by atoms with Gasteiger partial charge < -0.3 is 13.3 Å². The zero-order valence-corrected chi connectivity index (χ0v) is 27.1. The van der Waals surface area contributed by atoms with E-state index in [1.165, 1.54) is 0 Å². The number of hydrogen-bond acceptors (Lipinski definition) is 5. The molecule has 0 aliphatic heterocycles. The molecule has 0 fully saturated rings. The van der Waals surface area contributed by atoms with Gasteiger partial charge in [0.05, 0.1) is 11.4 Å². The molecule has 11 aromatic rings. The predicted molar refractivity (Wildman–Crippen MR) is 206 cm³/mol. The summed E-state index contributed by atoms with van der Waals surface area (Å²) < 4.78 is 19.0. The second kappa shape index (κ2) is 10.8. The van der Waals surface area contributed by atoms with Crippen molar-refractivity contribution in [2.24, 2.45) is 0 Å². The summed E-state index contributed by atoms with van der Waals surface area (Å²) in [5.74, 6) is 0.621. The van der Waals surface area contributed by atoms with E-state index in [1.54, 1.807) is 0 Å². The SMILES string of the molecule is c1ccc(-c2cc(-c3ccc4c(c3)oc3ccccc34)nc(-c3cccc4oc5cccc(-c6ccc7oc8ccccc8c7c6)c5c34)n2)cc1. The Balaban J connectivity index is 1.15. The summed E-state index contributed by atoms with van der Waals surface area (Å²) in [6, 6.07) is 53.7. The molecule has 4 aromatic heterocycles. The van der Waals surface area contributed by atoms with Crippen molar-refractivity contribution in [3.05, 3.63) is 158 Å². The van der Waals surface area contributed by atoms with Crippen LogP contribution in [0.2, 0.25) is 0 Å². The fourth-order valence-electron chi connectivity index (χ4n) is 7.54. The lowest BCUT2D eigenvalue weighted by Crippen LogP contribution is -1.96. The smallest absolute Gasteiger partial charge is 0.161 e. The maximum absolute atomic E-state index is 6.54. The maximum Gasteiger partial charge on any atom is 0.161 e. The Kier molecular flexibility index (Phi) is 5.89. The molecule has 0 saturated heterocycles. The summed E-state index contributed by atoms with van der Waals surface area (Å²) in [7, 11) is 0. The number of rotatable bonds is 4. The molecule has 0 aliphatic carbocycles. The van der Waals surface area contributed by atoms with E-state index in [2.05, 4.69) is 84.9 Å². The quantitative estimate of drug-likeness (QED) is 0.189. The molecule has 0 atom stereocenters. The first-order chi connectivity index (χ1) is 25.2. The van der Waals surface area contributed by atoms with Crippen molar-refractivity contribution in [2.45, 2.75) is 0 Å². The Morgan fingerprint density at radius 1 is 0.314 bits per heavy atom. The van der Waals surface area contributed by atoms with Gasteiger partial charge in [0.25, 0.3) is 0 Å². The molecule has 11 rings (SSSR count). The van der Waals surface area contributed by atoms with Crippen molar-refractivity contribution >= 4 is 65.8 Å². The minimum Gasteiger partial charge on any atom is -0.456 e. The highest BCUT2D eigenvalue weighted by molar-refractivity contribution is 6.18. The molecule has 0 saturated carbocycles. The topological polar surface area (TPSA) is 65.2 Å². The van der Waals surface area contributed by atoms with Crippen LogP contribution in [0.1, 0.15) is 0 Å². The number of furan rings is 3. The summed E-state index contributed by atoms with van der Waals surface area (Å²) in [5, 5.41) is 6.35. The molecule has 0 amide bonds. The monoisotopic (exact) mass is 654 g/mol. The molecule has 0 unspecified atom stereocenters. The summed E-state index contributed by atoms with van der Waals surface area (Å²) in [6.45, 7) is 0. The molecule has 0 aliphatic rings. The van der Waals surface area contributed by atoms with Gasteiger partial charge in [-0.1, -0.05) is 103 Å². The Bertz CT molecular complexity index is 3150. The fraction of sp³-hybridized carbons (Fsp3) is 0. The van der Waals surface area contributed by atoms with E-state index in [-0.39, 0.29) is 0 Å². The van der Waals surface area contributed by atoms with E-state index >= 15 is 0 Å². The van der Waals surface area contributed by atoms with Gasteiger partial charge in [0, 0.05) is 49.0 Å². The van der Waals surface area contributed by atoms with Crippen LogP contribution < -0.4 is 0 Å². The van der Waals surface area contributed by atoms with Gasteiger partial charge >= 0.3 is 0 Å². The third-order valence-corrected chi connectivity index (χ3v) is 9.92. The Hall–Kier alpha value is -6.98. The van der Waals surface area contributed by atoms with Gasteiger partial charge in [0.15, 0.2) is 5.82 Å². The Labute approximate surface area is 291 Å². The molecule has 4 heterocycles. The lowest BCUT2D eigenvalue weighted by molar-refractivity contribution is 0.668. The second-order valence-electron chi connectivity index (χ2n) is 12.9. The Morgan fingerprint density at radius 3 is 1.65 bits per heavy atom. The van der Waals surface area contributed by atoms with Crippen molar-refractivity contribution in [3.8, 4) is 45.0 Å². The third-order valence-electron chi connectivity index (χ3n) is 9.92. The van der Waals surface area contributed by atoms with Crippen LogP contribution in [0.15, 0.2) is 171 Å². The van der Waals surface area contributed by atoms with Gasteiger partial charge in [-0.25, -0.2) is 9.97 Å². The number of aromatic nitrogens is 2. The van der Waals surface area contributed by atoms with E-state index in [0.29, 0.717) is 5.82 Å². The van der Waals surface area contributed by atoms with Crippen LogP contribution in [0.5, 0.6) is 0 Å². The van der Waals surface area contributed by atoms with Crippen molar-refractivity contribution in [1.82, 2.24) is 9.97 Å². The lowest BCUT2D eigenvalue weighted by atomic mass is 9.96. The van der Waals surface area contributed by atoms with Crippen LogP contribution in [0.4, 0.5) is 0 Å². The summed E-state index contributed by atoms with van der Waals surface area (Å²) in [5.41, 5.74) is 11.7. The highest BCUT2D eigenvalue weighted by atomic mass is 16.3. The van der Waals surface area contributed by atoms with E-state index in [0.717, 1.165) is 105 Å². The molecule has 5 heteroatoms. The van der Waals surface area contributed by atoms with Gasteiger partial charge in [-0.2, -0.15) is 0 Å². The van der Waals surface area contributed by atoms with Crippen molar-refractivity contribution in [3.63, 3.8) is 0 Å². The van der Waals surface area contributed by atoms with Crippen LogP contribution in [0, 0.1) is 0 Å². The molecular weight excluding hydrogens is 629 g/mol. The molecule has 0 N–H and O–H groups in total. The minimum absolute atomic E-state index is 0.621. The maximum atomic E-state index is 6.54. The number of nitrogens with zero attached hydrogens (tertiary/aromatic N) is 2. The third kappa shape index (κ3) is 4.35. The second-order valence-corrected chi connectivity index (χ2v) is 12.9. The van der Waals surface area contributed by atoms with Crippen molar-refractivity contribution in [1.29, 1.82) is 0 Å². The molecule has 0 spiro atoms. The van der Waals surface area contributed by atoms with Crippen molar-refractivity contribution < 1.29 is 13.3 Å². The van der Waals surface area contributed by atoms with Crippen LogP contribution in [-0.4, -0.2) is 9.97 Å². The largest absolute Gasteiger partial charge is 0.456 e. The number of para-hydroxylation sites is 2. The standard InChI is InChI=1S/C46H26N2O3/c1-2-10-27(11-3-1)36-26-37(29-20-22-33-31-12-4-6-16-38(31)50-43(33)25-29)48-46(47-36)34-15-9-19-42-45(34)44-30(14-8-18-41(44)51-42)28-21-23-40-35(24-28)32-13-5-7-17-39(32)49-40/h1-26H. The first-order valence-electron chi connectivity index (χ1n) is 17.0. The Morgan fingerprint density at radius 2 is 0.863 bits per heavy atom. The normalized spacial score (nSPS) is 11.9. The number of fused-ring (bicyclic) bond motifs is 9. The minimum atomic E-state index is 0.621. The number of benzene rings is 7. The van der Waals surface area contributed by atoms with Crippen LogP contribution in [-0.2, 0) is 0 Å². The summed E-state index contributed by atoms with van der Waals surface area (Å²) >= 11 is 0.